The number of nitrogens with zero attached hydrogens (tertiary/aromatic N) is 3. The highest BCUT2D eigenvalue weighted by atomic mass is 16.5. The lowest BCUT2D eigenvalue weighted by atomic mass is 10.2. The summed E-state index contributed by atoms with van der Waals surface area (Å²) in [4.78, 5) is 11.8. The molecule has 0 atom stereocenters. The molecule has 1 aromatic carbocycles. The van der Waals surface area contributed by atoms with E-state index in [0.717, 1.165) is 11.4 Å². The molecule has 122 valence electrons. The second-order valence-corrected chi connectivity index (χ2v) is 5.12. The monoisotopic (exact) mass is 316 g/mol. The summed E-state index contributed by atoms with van der Waals surface area (Å²) in [6, 6.07) is 6.77. The summed E-state index contributed by atoms with van der Waals surface area (Å²) in [7, 11) is 1.47. The predicted octanol–water partition coefficient (Wildman–Crippen LogP) is 1.75. The maximum Gasteiger partial charge on any atom is 0.241 e. The Labute approximate surface area is 134 Å². The van der Waals surface area contributed by atoms with E-state index in [9.17, 15) is 9.90 Å². The molecule has 1 heterocycles. The summed E-state index contributed by atoms with van der Waals surface area (Å²) < 4.78 is 6.80. The summed E-state index contributed by atoms with van der Waals surface area (Å²) in [6.07, 6.45) is 1.78. The first-order chi connectivity index (χ1) is 11.0. The first kappa shape index (κ1) is 16.5. The second kappa shape index (κ2) is 7.44. The minimum atomic E-state index is -0.195. The number of methoxy groups -OCH3 is 1. The molecule has 2 rings (SSSR count). The minimum absolute atomic E-state index is 0.0542. The highest BCUT2D eigenvalue weighted by molar-refractivity contribution is 5.83. The lowest BCUT2D eigenvalue weighted by Gasteiger charge is -2.04. The molecule has 2 N–H and O–H groups in total. The fourth-order valence-corrected chi connectivity index (χ4v) is 2.12. The van der Waals surface area contributed by atoms with Gasteiger partial charge in [0.1, 0.15) is 0 Å². The van der Waals surface area contributed by atoms with Crippen molar-refractivity contribution in [2.75, 3.05) is 7.11 Å². The van der Waals surface area contributed by atoms with Crippen molar-refractivity contribution < 1.29 is 14.6 Å². The quantitative estimate of drug-likeness (QED) is 0.628. The molecule has 0 unspecified atom stereocenters. The number of hydrazone groups is 1. The number of benzene rings is 1. The van der Waals surface area contributed by atoms with Crippen LogP contribution in [0, 0.1) is 13.8 Å². The summed E-state index contributed by atoms with van der Waals surface area (Å²) in [5.41, 5.74) is 5.13. The van der Waals surface area contributed by atoms with Crippen molar-refractivity contribution in [3.63, 3.8) is 0 Å². The maximum absolute atomic E-state index is 11.8. The number of aromatic hydroxyl groups is 1. The lowest BCUT2D eigenvalue weighted by molar-refractivity contribution is -0.121. The highest BCUT2D eigenvalue weighted by Crippen LogP contribution is 2.25. The molecular weight excluding hydrogens is 296 g/mol. The van der Waals surface area contributed by atoms with Crippen LogP contribution in [0.3, 0.4) is 0 Å². The van der Waals surface area contributed by atoms with Crippen LogP contribution < -0.4 is 10.2 Å². The fourth-order valence-electron chi connectivity index (χ4n) is 2.12. The van der Waals surface area contributed by atoms with Gasteiger partial charge in [0, 0.05) is 12.1 Å². The number of amides is 1. The standard InChI is InChI=1S/C16H20N4O3/c1-11-8-12(2)20(19-11)7-6-16(22)18-17-10-13-4-5-14(21)15(9-13)23-3/h4-5,8-10,21H,6-7H2,1-3H3,(H,18,22)/b17-10-. The molecule has 0 spiro atoms. The highest BCUT2D eigenvalue weighted by Gasteiger charge is 2.05. The number of hydrogen-bond donors (Lipinski definition) is 2. The van der Waals surface area contributed by atoms with E-state index in [1.54, 1.807) is 16.8 Å². The first-order valence-electron chi connectivity index (χ1n) is 7.19. The number of phenols is 1. The van der Waals surface area contributed by atoms with E-state index in [4.69, 9.17) is 4.74 Å². The Morgan fingerprint density at radius 3 is 2.87 bits per heavy atom. The van der Waals surface area contributed by atoms with E-state index in [-0.39, 0.29) is 18.1 Å². The van der Waals surface area contributed by atoms with Crippen LogP contribution in [0.25, 0.3) is 0 Å². The molecule has 1 aromatic heterocycles. The molecule has 0 fully saturated rings. The van der Waals surface area contributed by atoms with Crippen LogP contribution in [0.2, 0.25) is 0 Å². The van der Waals surface area contributed by atoms with E-state index >= 15 is 0 Å². The molecule has 0 bridgehead atoms. The molecule has 1 amide bonds. The maximum atomic E-state index is 11.8. The van der Waals surface area contributed by atoms with Crippen molar-refractivity contribution in [2.24, 2.45) is 5.10 Å². The van der Waals surface area contributed by atoms with Crippen molar-refractivity contribution in [3.05, 3.63) is 41.2 Å². The topological polar surface area (TPSA) is 88.7 Å². The number of phenolic OH excluding ortho intramolecular Hbond substituents is 1. The zero-order chi connectivity index (χ0) is 16.8. The fraction of sp³-hybridized carbons (Fsp3) is 0.312. The molecule has 0 aliphatic heterocycles. The summed E-state index contributed by atoms with van der Waals surface area (Å²) in [6.45, 7) is 4.38. The Morgan fingerprint density at radius 2 is 2.22 bits per heavy atom. The van der Waals surface area contributed by atoms with Gasteiger partial charge in [-0.15, -0.1) is 0 Å². The van der Waals surface area contributed by atoms with Crippen molar-refractivity contribution in [1.82, 2.24) is 15.2 Å². The third kappa shape index (κ3) is 4.57. The molecule has 7 heteroatoms. The Bertz CT molecular complexity index is 722. The van der Waals surface area contributed by atoms with Crippen LogP contribution in [0.1, 0.15) is 23.4 Å². The second-order valence-electron chi connectivity index (χ2n) is 5.12. The average molecular weight is 316 g/mol. The number of aromatic nitrogens is 2. The van der Waals surface area contributed by atoms with Crippen LogP contribution in [0.5, 0.6) is 11.5 Å². The Hall–Kier alpha value is -2.83. The van der Waals surface area contributed by atoms with Crippen molar-refractivity contribution >= 4 is 12.1 Å². The normalized spacial score (nSPS) is 10.9. The zero-order valence-corrected chi connectivity index (χ0v) is 13.4. The van der Waals surface area contributed by atoms with Crippen LogP contribution in [-0.4, -0.2) is 34.1 Å². The van der Waals surface area contributed by atoms with E-state index in [1.165, 1.54) is 19.4 Å². The smallest absolute Gasteiger partial charge is 0.241 e. The van der Waals surface area contributed by atoms with Crippen molar-refractivity contribution in [2.45, 2.75) is 26.8 Å². The third-order valence-electron chi connectivity index (χ3n) is 3.26. The van der Waals surface area contributed by atoms with Gasteiger partial charge in [0.25, 0.3) is 0 Å². The van der Waals surface area contributed by atoms with Crippen molar-refractivity contribution in [1.29, 1.82) is 0 Å². The Morgan fingerprint density at radius 1 is 1.43 bits per heavy atom. The summed E-state index contributed by atoms with van der Waals surface area (Å²) in [5, 5.41) is 17.7. The van der Waals surface area contributed by atoms with Crippen LogP contribution in [0.4, 0.5) is 0 Å². The van der Waals surface area contributed by atoms with E-state index < -0.39 is 0 Å². The molecule has 2 aromatic rings. The van der Waals surface area contributed by atoms with Gasteiger partial charge in [-0.1, -0.05) is 0 Å². The molecule has 0 saturated heterocycles. The van der Waals surface area contributed by atoms with Gasteiger partial charge in [-0.2, -0.15) is 10.2 Å². The first-order valence-corrected chi connectivity index (χ1v) is 7.19. The van der Waals surface area contributed by atoms with Gasteiger partial charge in [-0.25, -0.2) is 5.43 Å². The number of carbonyl (C=O) groups is 1. The number of nitrogens with one attached hydrogen (secondary N) is 1. The van der Waals surface area contributed by atoms with E-state index in [2.05, 4.69) is 15.6 Å². The summed E-state index contributed by atoms with van der Waals surface area (Å²) >= 11 is 0. The molecule has 0 aliphatic carbocycles. The van der Waals surface area contributed by atoms with E-state index in [1.807, 2.05) is 19.9 Å². The predicted molar refractivity (Wildman–Crippen MR) is 86.7 cm³/mol. The van der Waals surface area contributed by atoms with Gasteiger partial charge in [0.2, 0.25) is 5.91 Å². The largest absolute Gasteiger partial charge is 0.504 e. The van der Waals surface area contributed by atoms with Crippen LogP contribution in [0.15, 0.2) is 29.4 Å². The third-order valence-corrected chi connectivity index (χ3v) is 3.26. The number of hydrogen-bond acceptors (Lipinski definition) is 5. The van der Waals surface area contributed by atoms with Gasteiger partial charge >= 0.3 is 0 Å². The van der Waals surface area contributed by atoms with Crippen LogP contribution in [-0.2, 0) is 11.3 Å². The van der Waals surface area contributed by atoms with Crippen molar-refractivity contribution in [3.8, 4) is 11.5 Å². The van der Waals surface area contributed by atoms with Gasteiger partial charge in [-0.3, -0.25) is 9.48 Å². The number of rotatable bonds is 6. The van der Waals surface area contributed by atoms with Gasteiger partial charge in [-0.05, 0) is 43.7 Å². The number of ether oxygens (including phenoxy) is 1. The number of carbonyl (C=O) groups excluding carboxylic acids is 1. The molecule has 0 aliphatic rings. The Kier molecular flexibility index (Phi) is 5.35. The van der Waals surface area contributed by atoms with Gasteiger partial charge < -0.3 is 9.84 Å². The van der Waals surface area contributed by atoms with Gasteiger partial charge in [0.05, 0.1) is 25.6 Å². The minimum Gasteiger partial charge on any atom is -0.504 e. The molecule has 0 radical (unpaired) electrons. The molecule has 0 saturated carbocycles. The molecule has 7 nitrogen and oxygen atoms in total. The zero-order valence-electron chi connectivity index (χ0n) is 13.4. The lowest BCUT2D eigenvalue weighted by Crippen LogP contribution is -2.20. The number of aryl methyl sites for hydroxylation is 3. The molecular formula is C16H20N4O3. The SMILES string of the molecule is COc1cc(/C=N\NC(=O)CCn2nc(C)cc2C)ccc1O. The molecule has 23 heavy (non-hydrogen) atoms. The average Bonchev–Trinajstić information content (AvgIpc) is 2.84. The van der Waals surface area contributed by atoms with Crippen LogP contribution >= 0.6 is 0 Å². The summed E-state index contributed by atoms with van der Waals surface area (Å²) in [5.74, 6) is 0.211. The van der Waals surface area contributed by atoms with Gasteiger partial charge in [0.15, 0.2) is 11.5 Å². The Balaban J connectivity index is 1.85. The van der Waals surface area contributed by atoms with E-state index in [0.29, 0.717) is 17.9 Å².